The second-order valence-corrected chi connectivity index (χ2v) is 8.10. The third-order valence-corrected chi connectivity index (χ3v) is 5.49. The molecule has 0 aromatic heterocycles. The van der Waals surface area contributed by atoms with Gasteiger partial charge in [-0.1, -0.05) is 0 Å². The number of nitrogens with zero attached hydrogens (tertiary/aromatic N) is 4. The molecular weight excluding hydrogens is 440 g/mol. The lowest BCUT2D eigenvalue weighted by atomic mass is 10.1. The van der Waals surface area contributed by atoms with Crippen molar-refractivity contribution in [1.82, 2.24) is 19.6 Å². The summed E-state index contributed by atoms with van der Waals surface area (Å²) < 4.78 is 0. The Hall–Kier alpha value is -2.61. The predicted octanol–water partition coefficient (Wildman–Crippen LogP) is -1.72. The van der Waals surface area contributed by atoms with Gasteiger partial charge in [-0.25, -0.2) is 0 Å². The molecule has 1 saturated heterocycles. The molecule has 1 fully saturated rings. The molecule has 0 radical (unpaired) electrons. The van der Waals surface area contributed by atoms with Crippen molar-refractivity contribution < 1.29 is 44.4 Å². The molecule has 1 aliphatic rings. The fraction of sp³-hybridized carbons (Fsp3) is 0.750. The van der Waals surface area contributed by atoms with Gasteiger partial charge in [0.15, 0.2) is 0 Å². The van der Waals surface area contributed by atoms with E-state index in [-0.39, 0.29) is 90.6 Å². The van der Waals surface area contributed by atoms with E-state index in [4.69, 9.17) is 5.11 Å². The molecule has 1 rings (SSSR count). The molecule has 13 heteroatoms. The van der Waals surface area contributed by atoms with E-state index in [9.17, 15) is 39.3 Å². The molecule has 4 N–H and O–H groups in total. The number of Topliss-reactive ketones (excluding diaryl/α,β-unsaturated/α-hetero) is 1. The first kappa shape index (κ1) is 28.4. The molecular formula is C20H34N4O9. The Bertz CT molecular complexity index is 671. The Morgan fingerprint density at radius 1 is 0.606 bits per heavy atom. The Labute approximate surface area is 192 Å². The average molecular weight is 475 g/mol. The van der Waals surface area contributed by atoms with E-state index >= 15 is 0 Å². The molecule has 1 unspecified atom stereocenters. The van der Waals surface area contributed by atoms with Gasteiger partial charge in [-0.2, -0.15) is 0 Å². The maximum absolute atomic E-state index is 12.3. The predicted molar refractivity (Wildman–Crippen MR) is 115 cm³/mol. The number of hydrogen-bond donors (Lipinski definition) is 4. The fourth-order valence-corrected chi connectivity index (χ4v) is 3.82. The molecule has 188 valence electrons. The highest BCUT2D eigenvalue weighted by Gasteiger charge is 2.26. The topological polar surface area (TPSA) is 179 Å². The van der Waals surface area contributed by atoms with E-state index in [0.717, 1.165) is 0 Å². The molecule has 0 aromatic rings. The summed E-state index contributed by atoms with van der Waals surface area (Å²) >= 11 is 0. The quantitative estimate of drug-likeness (QED) is 0.266. The van der Waals surface area contributed by atoms with E-state index in [1.807, 2.05) is 0 Å². The fourth-order valence-electron chi connectivity index (χ4n) is 3.82. The summed E-state index contributed by atoms with van der Waals surface area (Å²) in [5.74, 6) is -4.37. The van der Waals surface area contributed by atoms with Gasteiger partial charge in [-0.3, -0.25) is 43.6 Å². The number of carboxylic acid groups (broad SMARTS) is 4. The van der Waals surface area contributed by atoms with Gasteiger partial charge in [0.05, 0.1) is 25.7 Å². The molecule has 1 atom stereocenters. The van der Waals surface area contributed by atoms with Crippen LogP contribution in [-0.2, 0) is 24.0 Å². The number of rotatable bonds is 11. The monoisotopic (exact) mass is 474 g/mol. The van der Waals surface area contributed by atoms with Crippen molar-refractivity contribution in [2.24, 2.45) is 0 Å². The lowest BCUT2D eigenvalue weighted by molar-refractivity contribution is -0.141. The van der Waals surface area contributed by atoms with Crippen molar-refractivity contribution in [1.29, 1.82) is 0 Å². The number of carboxylic acids is 4. The standard InChI is InChI=1S/C20H34N4O9/c1-15(25)16(2-3-17(26)27)24-10-8-22(13-19(30)31)6-4-21(12-18(28)29)5-7-23(9-11-24)14-20(32)33/h16H,2-14H2,1H3,(H,26,27)(H,28,29)(H,30,31)(H,32,33). The van der Waals surface area contributed by atoms with Crippen LogP contribution in [0.3, 0.4) is 0 Å². The summed E-state index contributed by atoms with van der Waals surface area (Å²) in [5.41, 5.74) is 0. The van der Waals surface area contributed by atoms with E-state index in [2.05, 4.69) is 0 Å². The molecule has 1 heterocycles. The van der Waals surface area contributed by atoms with Crippen LogP contribution in [-0.4, -0.2) is 148 Å². The van der Waals surface area contributed by atoms with Crippen LogP contribution in [0.5, 0.6) is 0 Å². The highest BCUT2D eigenvalue weighted by atomic mass is 16.4. The zero-order chi connectivity index (χ0) is 25.0. The third-order valence-electron chi connectivity index (χ3n) is 5.49. The van der Waals surface area contributed by atoms with E-state index < -0.39 is 29.9 Å². The van der Waals surface area contributed by atoms with E-state index in [1.54, 1.807) is 19.6 Å². The first-order chi connectivity index (χ1) is 15.5. The summed E-state index contributed by atoms with van der Waals surface area (Å²) in [6.07, 6.45) is -0.114. The summed E-state index contributed by atoms with van der Waals surface area (Å²) in [5, 5.41) is 36.7. The number of aliphatic carboxylic acids is 4. The molecule has 1 aliphatic heterocycles. The van der Waals surface area contributed by atoms with Crippen LogP contribution >= 0.6 is 0 Å². The molecule has 0 amide bonds. The zero-order valence-electron chi connectivity index (χ0n) is 18.9. The van der Waals surface area contributed by atoms with Crippen LogP contribution < -0.4 is 0 Å². The Balaban J connectivity index is 3.11. The SMILES string of the molecule is CC(=O)C(CCC(=O)O)N1CCN(CC(=O)O)CCN(CC(=O)O)CCN(CC(=O)O)CC1. The molecule has 0 aromatic carbocycles. The number of carbonyl (C=O) groups is 5. The van der Waals surface area contributed by atoms with Gasteiger partial charge in [0, 0.05) is 58.8 Å². The zero-order valence-corrected chi connectivity index (χ0v) is 18.9. The van der Waals surface area contributed by atoms with Gasteiger partial charge in [-0.15, -0.1) is 0 Å². The Morgan fingerprint density at radius 2 is 0.939 bits per heavy atom. The highest BCUT2D eigenvalue weighted by molar-refractivity contribution is 5.82. The second-order valence-electron chi connectivity index (χ2n) is 8.10. The van der Waals surface area contributed by atoms with Crippen molar-refractivity contribution in [2.75, 3.05) is 72.0 Å². The minimum Gasteiger partial charge on any atom is -0.481 e. The van der Waals surface area contributed by atoms with Gasteiger partial charge in [0.1, 0.15) is 5.78 Å². The van der Waals surface area contributed by atoms with Gasteiger partial charge < -0.3 is 20.4 Å². The van der Waals surface area contributed by atoms with Crippen molar-refractivity contribution in [2.45, 2.75) is 25.8 Å². The molecule has 33 heavy (non-hydrogen) atoms. The van der Waals surface area contributed by atoms with Crippen LogP contribution in [0.1, 0.15) is 19.8 Å². The van der Waals surface area contributed by atoms with Crippen LogP contribution in [0.15, 0.2) is 0 Å². The number of hydrogen-bond acceptors (Lipinski definition) is 9. The van der Waals surface area contributed by atoms with Gasteiger partial charge >= 0.3 is 23.9 Å². The molecule has 0 saturated carbocycles. The third kappa shape index (κ3) is 12.3. The Kier molecular flexibility index (Phi) is 12.5. The van der Waals surface area contributed by atoms with E-state index in [0.29, 0.717) is 0 Å². The Morgan fingerprint density at radius 3 is 1.21 bits per heavy atom. The summed E-state index contributed by atoms with van der Waals surface area (Å²) in [4.78, 5) is 63.9. The van der Waals surface area contributed by atoms with Crippen molar-refractivity contribution in [3.05, 3.63) is 0 Å². The van der Waals surface area contributed by atoms with Crippen LogP contribution in [0.25, 0.3) is 0 Å². The molecule has 0 aliphatic carbocycles. The van der Waals surface area contributed by atoms with Gasteiger partial charge in [-0.05, 0) is 13.3 Å². The smallest absolute Gasteiger partial charge is 0.317 e. The van der Waals surface area contributed by atoms with Crippen molar-refractivity contribution >= 4 is 29.7 Å². The highest BCUT2D eigenvalue weighted by Crippen LogP contribution is 2.11. The lowest BCUT2D eigenvalue weighted by Crippen LogP contribution is -2.51. The van der Waals surface area contributed by atoms with Crippen molar-refractivity contribution in [3.8, 4) is 0 Å². The minimum absolute atomic E-state index is 0.0922. The van der Waals surface area contributed by atoms with Crippen molar-refractivity contribution in [3.63, 3.8) is 0 Å². The second kappa shape index (κ2) is 14.5. The average Bonchev–Trinajstić information content (AvgIpc) is 2.67. The summed E-state index contributed by atoms with van der Waals surface area (Å²) in [6, 6.07) is -0.689. The normalized spacial score (nSPS) is 19.2. The van der Waals surface area contributed by atoms with Crippen LogP contribution in [0.2, 0.25) is 0 Å². The van der Waals surface area contributed by atoms with Crippen LogP contribution in [0, 0.1) is 0 Å². The number of ketones is 1. The molecule has 0 bridgehead atoms. The summed E-state index contributed by atoms with van der Waals surface area (Å²) in [7, 11) is 0. The van der Waals surface area contributed by atoms with E-state index in [1.165, 1.54) is 6.92 Å². The van der Waals surface area contributed by atoms with Crippen LogP contribution in [0.4, 0.5) is 0 Å². The van der Waals surface area contributed by atoms with Gasteiger partial charge in [0.25, 0.3) is 0 Å². The first-order valence-electron chi connectivity index (χ1n) is 10.8. The lowest BCUT2D eigenvalue weighted by Gasteiger charge is -2.35. The molecule has 0 spiro atoms. The first-order valence-corrected chi connectivity index (χ1v) is 10.8. The number of carbonyl (C=O) groups excluding carboxylic acids is 1. The minimum atomic E-state index is -1.04. The van der Waals surface area contributed by atoms with Gasteiger partial charge in [0.2, 0.25) is 0 Å². The molecule has 13 nitrogen and oxygen atoms in total. The summed E-state index contributed by atoms with van der Waals surface area (Å²) in [6.45, 7) is 2.76. The largest absolute Gasteiger partial charge is 0.481 e. The maximum atomic E-state index is 12.3. The maximum Gasteiger partial charge on any atom is 0.317 e.